The van der Waals surface area contributed by atoms with Crippen LogP contribution >= 0.6 is 12.4 Å². The van der Waals surface area contributed by atoms with E-state index in [4.69, 9.17) is 10.5 Å². The normalized spacial score (nSPS) is 17.9. The van der Waals surface area contributed by atoms with Crippen LogP contribution in [-0.2, 0) is 0 Å². The zero-order chi connectivity index (χ0) is 15.4. The minimum Gasteiger partial charge on any atom is -0.493 e. The van der Waals surface area contributed by atoms with E-state index in [1.165, 1.54) is 25.3 Å². The van der Waals surface area contributed by atoms with Gasteiger partial charge < -0.3 is 20.1 Å². The van der Waals surface area contributed by atoms with E-state index in [9.17, 15) is 13.6 Å². The number of likely N-dealkylation sites (tertiary alicyclic amines) is 1. The van der Waals surface area contributed by atoms with Gasteiger partial charge in [0.2, 0.25) is 0 Å². The number of hydrogen-bond acceptors (Lipinski definition) is 4. The van der Waals surface area contributed by atoms with Crippen molar-refractivity contribution >= 4 is 18.3 Å². The summed E-state index contributed by atoms with van der Waals surface area (Å²) in [5.41, 5.74) is 6.22. The molecule has 1 unspecified atom stereocenters. The summed E-state index contributed by atoms with van der Waals surface area (Å²) in [5.74, 6) is -0.186. The second kappa shape index (κ2) is 8.14. The molecule has 1 fully saturated rings. The maximum absolute atomic E-state index is 12.4. The summed E-state index contributed by atoms with van der Waals surface area (Å²) in [6.45, 7) is -1.80. The van der Waals surface area contributed by atoms with Crippen molar-refractivity contribution in [3.05, 3.63) is 23.8 Å². The van der Waals surface area contributed by atoms with Crippen molar-refractivity contribution in [2.45, 2.75) is 25.5 Å². The molecule has 1 atom stereocenters. The Kier molecular flexibility index (Phi) is 6.83. The van der Waals surface area contributed by atoms with Crippen LogP contribution in [0.1, 0.15) is 23.2 Å². The molecule has 2 rings (SSSR count). The summed E-state index contributed by atoms with van der Waals surface area (Å²) >= 11 is 0. The van der Waals surface area contributed by atoms with Gasteiger partial charge in [-0.3, -0.25) is 4.79 Å². The van der Waals surface area contributed by atoms with Crippen LogP contribution in [0, 0.1) is 0 Å². The molecule has 1 saturated heterocycles. The van der Waals surface area contributed by atoms with Gasteiger partial charge in [-0.2, -0.15) is 8.78 Å². The second-order valence-electron chi connectivity index (χ2n) is 4.90. The number of methoxy groups -OCH3 is 1. The number of piperidine rings is 1. The SMILES string of the molecule is COc1cc(C(=O)N2CCCC(N)C2)ccc1OC(F)F.Cl. The number of halogens is 3. The van der Waals surface area contributed by atoms with Gasteiger partial charge in [-0.1, -0.05) is 0 Å². The number of hydrogen-bond donors (Lipinski definition) is 1. The van der Waals surface area contributed by atoms with Crippen LogP contribution < -0.4 is 15.2 Å². The molecule has 1 aromatic rings. The summed E-state index contributed by atoms with van der Waals surface area (Å²) in [5, 5.41) is 0. The molecule has 0 aliphatic carbocycles. The highest BCUT2D eigenvalue weighted by Crippen LogP contribution is 2.30. The van der Waals surface area contributed by atoms with Crippen molar-refractivity contribution in [3.8, 4) is 11.5 Å². The van der Waals surface area contributed by atoms with Gasteiger partial charge in [0.25, 0.3) is 5.91 Å². The summed E-state index contributed by atoms with van der Waals surface area (Å²) in [6.07, 6.45) is 1.75. The molecular formula is C14H19ClF2N2O3. The first-order valence-electron chi connectivity index (χ1n) is 6.69. The summed E-state index contributed by atoms with van der Waals surface area (Å²) in [7, 11) is 1.33. The Morgan fingerprint density at radius 2 is 2.14 bits per heavy atom. The standard InChI is InChI=1S/C14H18F2N2O3.ClH/c1-20-12-7-9(4-5-11(12)21-14(15)16)13(19)18-6-2-3-10(17)8-18;/h4-5,7,10,14H,2-3,6,8,17H2,1H3;1H. The average molecular weight is 337 g/mol. The van der Waals surface area contributed by atoms with Crippen LogP contribution in [0.25, 0.3) is 0 Å². The molecule has 1 aliphatic heterocycles. The Hall–Kier alpha value is -1.60. The van der Waals surface area contributed by atoms with E-state index in [1.807, 2.05) is 0 Å². The molecule has 1 aromatic carbocycles. The van der Waals surface area contributed by atoms with Crippen molar-refractivity contribution in [2.24, 2.45) is 5.73 Å². The Labute approximate surface area is 133 Å². The lowest BCUT2D eigenvalue weighted by Gasteiger charge is -2.31. The van der Waals surface area contributed by atoms with E-state index in [2.05, 4.69) is 4.74 Å². The minimum atomic E-state index is -2.94. The number of amides is 1. The molecule has 124 valence electrons. The monoisotopic (exact) mass is 336 g/mol. The fourth-order valence-electron chi connectivity index (χ4n) is 2.37. The Morgan fingerprint density at radius 1 is 1.41 bits per heavy atom. The molecule has 0 radical (unpaired) electrons. The Morgan fingerprint density at radius 3 is 2.73 bits per heavy atom. The number of nitrogens with zero attached hydrogens (tertiary/aromatic N) is 1. The van der Waals surface area contributed by atoms with E-state index in [0.29, 0.717) is 18.7 Å². The lowest BCUT2D eigenvalue weighted by atomic mass is 10.1. The van der Waals surface area contributed by atoms with Gasteiger partial charge >= 0.3 is 6.61 Å². The molecular weight excluding hydrogens is 318 g/mol. The van der Waals surface area contributed by atoms with Crippen molar-refractivity contribution in [1.29, 1.82) is 0 Å². The highest BCUT2D eigenvalue weighted by atomic mass is 35.5. The van der Waals surface area contributed by atoms with Gasteiger partial charge in [-0.15, -0.1) is 12.4 Å². The summed E-state index contributed by atoms with van der Waals surface area (Å²) < 4.78 is 33.8. The zero-order valence-corrected chi connectivity index (χ0v) is 12.9. The number of carbonyl (C=O) groups is 1. The summed E-state index contributed by atoms with van der Waals surface area (Å²) in [4.78, 5) is 14.0. The average Bonchev–Trinajstić information content (AvgIpc) is 2.46. The van der Waals surface area contributed by atoms with Crippen LogP contribution in [0.15, 0.2) is 18.2 Å². The molecule has 5 nitrogen and oxygen atoms in total. The molecule has 1 heterocycles. The third kappa shape index (κ3) is 4.45. The molecule has 0 saturated carbocycles. The molecule has 0 aromatic heterocycles. The minimum absolute atomic E-state index is 0. The van der Waals surface area contributed by atoms with Crippen LogP contribution in [0.2, 0.25) is 0 Å². The Balaban J connectivity index is 0.00000242. The number of carbonyl (C=O) groups excluding carboxylic acids is 1. The molecule has 2 N–H and O–H groups in total. The van der Waals surface area contributed by atoms with E-state index < -0.39 is 6.61 Å². The molecule has 1 amide bonds. The number of benzene rings is 1. The van der Waals surface area contributed by atoms with Gasteiger partial charge in [0, 0.05) is 24.7 Å². The van der Waals surface area contributed by atoms with E-state index in [1.54, 1.807) is 4.90 Å². The van der Waals surface area contributed by atoms with Gasteiger partial charge in [0.05, 0.1) is 7.11 Å². The van der Waals surface area contributed by atoms with Crippen molar-refractivity contribution in [3.63, 3.8) is 0 Å². The number of alkyl halides is 2. The van der Waals surface area contributed by atoms with E-state index in [-0.39, 0.29) is 35.9 Å². The van der Waals surface area contributed by atoms with Gasteiger partial charge in [-0.25, -0.2) is 0 Å². The highest BCUT2D eigenvalue weighted by molar-refractivity contribution is 5.95. The quantitative estimate of drug-likeness (QED) is 0.916. The fourth-order valence-corrected chi connectivity index (χ4v) is 2.37. The molecule has 8 heteroatoms. The van der Waals surface area contributed by atoms with E-state index >= 15 is 0 Å². The smallest absolute Gasteiger partial charge is 0.387 e. The van der Waals surface area contributed by atoms with Crippen molar-refractivity contribution < 1.29 is 23.0 Å². The lowest BCUT2D eigenvalue weighted by Crippen LogP contribution is -2.45. The first kappa shape index (κ1) is 18.4. The first-order valence-corrected chi connectivity index (χ1v) is 6.69. The number of rotatable bonds is 4. The number of ether oxygens (including phenoxy) is 2. The maximum Gasteiger partial charge on any atom is 0.387 e. The third-order valence-electron chi connectivity index (χ3n) is 3.37. The van der Waals surface area contributed by atoms with Crippen LogP contribution in [0.3, 0.4) is 0 Å². The lowest BCUT2D eigenvalue weighted by molar-refractivity contribution is -0.0512. The van der Waals surface area contributed by atoms with Crippen LogP contribution in [0.4, 0.5) is 8.78 Å². The summed E-state index contributed by atoms with van der Waals surface area (Å²) in [6, 6.07) is 4.14. The molecule has 0 spiro atoms. The van der Waals surface area contributed by atoms with Crippen LogP contribution in [-0.4, -0.2) is 43.7 Å². The Bertz CT molecular complexity index is 517. The zero-order valence-electron chi connectivity index (χ0n) is 12.1. The van der Waals surface area contributed by atoms with Crippen LogP contribution in [0.5, 0.6) is 11.5 Å². The third-order valence-corrected chi connectivity index (χ3v) is 3.37. The predicted octanol–water partition coefficient (Wildman–Crippen LogP) is 2.28. The predicted molar refractivity (Wildman–Crippen MR) is 80.0 cm³/mol. The molecule has 1 aliphatic rings. The van der Waals surface area contributed by atoms with Crippen molar-refractivity contribution in [1.82, 2.24) is 4.90 Å². The maximum atomic E-state index is 12.4. The largest absolute Gasteiger partial charge is 0.493 e. The highest BCUT2D eigenvalue weighted by Gasteiger charge is 2.23. The van der Waals surface area contributed by atoms with E-state index in [0.717, 1.165) is 12.8 Å². The van der Waals surface area contributed by atoms with Gasteiger partial charge in [0.1, 0.15) is 0 Å². The first-order chi connectivity index (χ1) is 10.0. The topological polar surface area (TPSA) is 64.8 Å². The molecule has 0 bridgehead atoms. The molecule has 22 heavy (non-hydrogen) atoms. The van der Waals surface area contributed by atoms with Gasteiger partial charge in [-0.05, 0) is 31.0 Å². The second-order valence-corrected chi connectivity index (χ2v) is 4.90. The number of nitrogens with two attached hydrogens (primary N) is 1. The van der Waals surface area contributed by atoms with Crippen molar-refractivity contribution in [2.75, 3.05) is 20.2 Å². The van der Waals surface area contributed by atoms with Gasteiger partial charge in [0.15, 0.2) is 11.5 Å². The fraction of sp³-hybridized carbons (Fsp3) is 0.500.